The van der Waals surface area contributed by atoms with Crippen molar-refractivity contribution in [2.24, 2.45) is 0 Å². The smallest absolute Gasteiger partial charge is 0.143 e. The van der Waals surface area contributed by atoms with Gasteiger partial charge in [0.1, 0.15) is 19.4 Å². The average molecular weight is 297 g/mol. The summed E-state index contributed by atoms with van der Waals surface area (Å²) >= 11 is 11.8. The first-order valence-corrected chi connectivity index (χ1v) is 6.65. The Morgan fingerprint density at radius 1 is 1.05 bits per heavy atom. The van der Waals surface area contributed by atoms with Crippen LogP contribution in [0, 0.1) is 5.82 Å². The van der Waals surface area contributed by atoms with E-state index in [9.17, 15) is 4.39 Å². The molecule has 2 aromatic carbocycles. The molecule has 0 amide bonds. The molecule has 0 unspecified atom stereocenters. The van der Waals surface area contributed by atoms with Gasteiger partial charge in [-0.3, -0.25) is 0 Å². The summed E-state index contributed by atoms with van der Waals surface area (Å²) in [5, 5.41) is 1.06. The predicted octanol–water partition coefficient (Wildman–Crippen LogP) is 3.01. The van der Waals surface area contributed by atoms with E-state index in [0.29, 0.717) is 34.3 Å². The summed E-state index contributed by atoms with van der Waals surface area (Å²) in [6.45, 7) is 0.459. The first-order chi connectivity index (χ1) is 9.06. The molecule has 1 nitrogen and oxygen atoms in total. The quantitative estimate of drug-likeness (QED) is 0.788. The van der Waals surface area contributed by atoms with Gasteiger partial charge in [-0.15, -0.1) is 0 Å². The summed E-state index contributed by atoms with van der Waals surface area (Å²) in [5.41, 5.74) is 1.64. The van der Waals surface area contributed by atoms with E-state index in [4.69, 9.17) is 27.9 Å². The summed E-state index contributed by atoms with van der Waals surface area (Å²) in [6, 6.07) is 10.3. The van der Waals surface area contributed by atoms with Crippen molar-refractivity contribution in [1.82, 2.24) is 0 Å². The van der Waals surface area contributed by atoms with E-state index in [2.05, 4.69) is 0 Å². The van der Waals surface area contributed by atoms with Crippen LogP contribution in [0.2, 0.25) is 10.0 Å². The lowest BCUT2D eigenvalue weighted by molar-refractivity contribution is 0.320. The van der Waals surface area contributed by atoms with E-state index < -0.39 is 0 Å². The van der Waals surface area contributed by atoms with Crippen molar-refractivity contribution < 1.29 is 9.13 Å². The molecule has 0 aliphatic carbocycles. The van der Waals surface area contributed by atoms with Crippen molar-refractivity contribution in [2.75, 3.05) is 6.61 Å². The van der Waals surface area contributed by atoms with Crippen LogP contribution in [-0.2, 0) is 6.42 Å². The molecule has 2 rings (SSSR count). The lowest BCUT2D eigenvalue weighted by Crippen LogP contribution is -2.09. The number of benzene rings is 2. The number of ether oxygens (including phenoxy) is 1. The zero-order chi connectivity index (χ0) is 13.8. The molecule has 0 radical (unpaired) electrons. The van der Waals surface area contributed by atoms with Crippen molar-refractivity contribution in [3.05, 3.63) is 57.8 Å². The molecule has 0 fully saturated rings. The SMILES string of the molecule is Bc1ccc(OCCc2ccc(Cl)c(Cl)c2)cc1F. The molecule has 0 aliphatic rings. The fourth-order valence-corrected chi connectivity index (χ4v) is 1.97. The molecule has 0 atom stereocenters. The van der Waals surface area contributed by atoms with Crippen LogP contribution in [0.4, 0.5) is 4.39 Å². The monoisotopic (exact) mass is 296 g/mol. The second-order valence-corrected chi connectivity index (χ2v) is 5.07. The first-order valence-electron chi connectivity index (χ1n) is 5.89. The maximum absolute atomic E-state index is 13.3. The Balaban J connectivity index is 1.92. The maximum atomic E-state index is 13.3. The molecule has 0 spiro atoms. The van der Waals surface area contributed by atoms with Crippen molar-refractivity contribution >= 4 is 36.5 Å². The zero-order valence-electron chi connectivity index (χ0n) is 10.4. The van der Waals surface area contributed by atoms with Crippen molar-refractivity contribution in [1.29, 1.82) is 0 Å². The van der Waals surface area contributed by atoms with Gasteiger partial charge in [0.05, 0.1) is 16.7 Å². The molecule has 2 aromatic rings. The van der Waals surface area contributed by atoms with Gasteiger partial charge in [-0.2, -0.15) is 0 Å². The lowest BCUT2D eigenvalue weighted by Gasteiger charge is -2.08. The number of hydrogen-bond acceptors (Lipinski definition) is 1. The van der Waals surface area contributed by atoms with Gasteiger partial charge in [0.25, 0.3) is 0 Å². The molecular formula is C14H12BCl2FO. The van der Waals surface area contributed by atoms with Crippen LogP contribution in [0.3, 0.4) is 0 Å². The Morgan fingerprint density at radius 2 is 1.84 bits per heavy atom. The van der Waals surface area contributed by atoms with Crippen LogP contribution in [0.15, 0.2) is 36.4 Å². The molecule has 98 valence electrons. The molecule has 0 bridgehead atoms. The van der Waals surface area contributed by atoms with Crippen LogP contribution in [0.5, 0.6) is 5.75 Å². The summed E-state index contributed by atoms with van der Waals surface area (Å²) in [6.07, 6.45) is 0.687. The highest BCUT2D eigenvalue weighted by molar-refractivity contribution is 6.42. The van der Waals surface area contributed by atoms with E-state index in [-0.39, 0.29) is 5.82 Å². The van der Waals surface area contributed by atoms with Gasteiger partial charge in [0, 0.05) is 12.5 Å². The molecule has 0 heterocycles. The summed E-state index contributed by atoms with van der Waals surface area (Å²) < 4.78 is 18.8. The molecule has 0 aliphatic heterocycles. The van der Waals surface area contributed by atoms with Gasteiger partial charge >= 0.3 is 0 Å². The maximum Gasteiger partial charge on any atom is 0.143 e. The van der Waals surface area contributed by atoms with E-state index in [1.807, 2.05) is 12.1 Å². The standard InChI is InChI=1S/C14H12BCl2FO/c15-11-3-2-10(8-14(11)18)19-6-5-9-1-4-12(16)13(17)7-9/h1-4,7-8H,5-6,15H2. The second-order valence-electron chi connectivity index (χ2n) is 4.26. The average Bonchev–Trinajstić information content (AvgIpc) is 2.38. The van der Waals surface area contributed by atoms with Gasteiger partial charge in [-0.25, -0.2) is 4.39 Å². The molecule has 0 aromatic heterocycles. The summed E-state index contributed by atoms with van der Waals surface area (Å²) in [5.74, 6) is 0.273. The normalized spacial score (nSPS) is 10.5. The van der Waals surface area contributed by atoms with Crippen LogP contribution in [-0.4, -0.2) is 14.5 Å². The third-order valence-electron chi connectivity index (χ3n) is 2.79. The highest BCUT2D eigenvalue weighted by atomic mass is 35.5. The van der Waals surface area contributed by atoms with Crippen molar-refractivity contribution in [2.45, 2.75) is 6.42 Å². The Bertz CT molecular complexity index is 538. The number of hydrogen-bond donors (Lipinski definition) is 0. The number of halogens is 3. The Morgan fingerprint density at radius 3 is 2.53 bits per heavy atom. The van der Waals surface area contributed by atoms with Crippen LogP contribution < -0.4 is 10.2 Å². The zero-order valence-corrected chi connectivity index (χ0v) is 11.9. The van der Waals surface area contributed by atoms with E-state index in [1.165, 1.54) is 6.07 Å². The van der Waals surface area contributed by atoms with Crippen LogP contribution >= 0.6 is 23.2 Å². The third-order valence-corrected chi connectivity index (χ3v) is 3.53. The van der Waals surface area contributed by atoms with Gasteiger partial charge in [0.15, 0.2) is 0 Å². The van der Waals surface area contributed by atoms with E-state index >= 15 is 0 Å². The van der Waals surface area contributed by atoms with Gasteiger partial charge in [-0.05, 0) is 23.8 Å². The molecule has 0 N–H and O–H groups in total. The van der Waals surface area contributed by atoms with E-state index in [1.54, 1.807) is 26.0 Å². The summed E-state index contributed by atoms with van der Waals surface area (Å²) in [7, 11) is 1.72. The fourth-order valence-electron chi connectivity index (χ4n) is 1.65. The topological polar surface area (TPSA) is 9.23 Å². The van der Waals surface area contributed by atoms with Crippen molar-refractivity contribution in [3.63, 3.8) is 0 Å². The van der Waals surface area contributed by atoms with Crippen LogP contribution in [0.25, 0.3) is 0 Å². The minimum Gasteiger partial charge on any atom is -0.493 e. The second kappa shape index (κ2) is 6.31. The Kier molecular flexibility index (Phi) is 4.73. The molecule has 19 heavy (non-hydrogen) atoms. The molecule has 5 heteroatoms. The number of rotatable bonds is 4. The lowest BCUT2D eigenvalue weighted by atomic mass is 9.96. The van der Waals surface area contributed by atoms with E-state index in [0.717, 1.165) is 5.56 Å². The largest absolute Gasteiger partial charge is 0.493 e. The van der Waals surface area contributed by atoms with Gasteiger partial charge < -0.3 is 4.74 Å². The molecular weight excluding hydrogens is 285 g/mol. The van der Waals surface area contributed by atoms with Gasteiger partial charge in [0.2, 0.25) is 0 Å². The first kappa shape index (κ1) is 14.2. The third kappa shape index (κ3) is 3.89. The predicted molar refractivity (Wildman–Crippen MR) is 80.2 cm³/mol. The molecule has 0 saturated heterocycles. The van der Waals surface area contributed by atoms with Crippen molar-refractivity contribution in [3.8, 4) is 5.75 Å². The Labute approximate surface area is 122 Å². The highest BCUT2D eigenvalue weighted by Gasteiger charge is 2.02. The Hall–Kier alpha value is -1.19. The van der Waals surface area contributed by atoms with Crippen LogP contribution in [0.1, 0.15) is 5.56 Å². The fraction of sp³-hybridized carbons (Fsp3) is 0.143. The minimum absolute atomic E-state index is 0.257. The highest BCUT2D eigenvalue weighted by Crippen LogP contribution is 2.22. The summed E-state index contributed by atoms with van der Waals surface area (Å²) in [4.78, 5) is 0. The molecule has 0 saturated carbocycles. The minimum atomic E-state index is -0.257. The van der Waals surface area contributed by atoms with Gasteiger partial charge in [-0.1, -0.05) is 40.8 Å².